The third-order valence-electron chi connectivity index (χ3n) is 7.29. The molecule has 2 fully saturated rings. The lowest BCUT2D eigenvalue weighted by Crippen LogP contribution is -2.39. The molecule has 1 aliphatic carbocycles. The Morgan fingerprint density at radius 2 is 1.86 bits per heavy atom. The van der Waals surface area contributed by atoms with Crippen LogP contribution in [0, 0.1) is 5.41 Å². The highest BCUT2D eigenvalue weighted by atomic mass is 15.2. The third kappa shape index (κ3) is 2.86. The minimum absolute atomic E-state index is 0.613. The average Bonchev–Trinajstić information content (AvgIpc) is 3.41. The predicted octanol–water partition coefficient (Wildman–Crippen LogP) is 3.93. The van der Waals surface area contributed by atoms with E-state index in [1.54, 1.807) is 0 Å². The Balaban J connectivity index is 1.30. The van der Waals surface area contributed by atoms with Crippen LogP contribution in [-0.2, 0) is 6.42 Å². The maximum atomic E-state index is 4.86. The summed E-state index contributed by atoms with van der Waals surface area (Å²) in [6.07, 6.45) is 14.2. The van der Waals surface area contributed by atoms with Gasteiger partial charge in [0.1, 0.15) is 17.2 Å². The molecule has 0 amide bonds. The Hall–Kier alpha value is -2.70. The summed E-state index contributed by atoms with van der Waals surface area (Å²) >= 11 is 0. The first kappa shape index (κ1) is 17.2. The fourth-order valence-electron chi connectivity index (χ4n) is 5.57. The highest BCUT2D eigenvalue weighted by Gasteiger charge is 2.37. The topological polar surface area (TPSA) is 82.6 Å². The number of nitrogens with zero attached hydrogens (tertiary/aromatic N) is 5. The zero-order valence-corrected chi connectivity index (χ0v) is 16.7. The summed E-state index contributed by atoms with van der Waals surface area (Å²) in [7, 11) is 0. The molecule has 150 valence electrons. The van der Waals surface area contributed by atoms with E-state index in [9.17, 15) is 0 Å². The van der Waals surface area contributed by atoms with Crippen LogP contribution in [0.4, 0.5) is 11.6 Å². The number of piperidine rings is 1. The number of fused-ring (bicyclic) bond motifs is 2. The van der Waals surface area contributed by atoms with Gasteiger partial charge in [-0.1, -0.05) is 12.8 Å². The molecule has 2 aliphatic heterocycles. The first-order valence-corrected chi connectivity index (χ1v) is 11.0. The van der Waals surface area contributed by atoms with E-state index in [0.717, 1.165) is 60.9 Å². The SMILES string of the molecule is c1cc(-c2[nH]nc3nc(N4CCC5(CCCC5)CC4)cnc23)c2c(n1)NCCC2. The van der Waals surface area contributed by atoms with Gasteiger partial charge >= 0.3 is 0 Å². The van der Waals surface area contributed by atoms with Gasteiger partial charge in [0.05, 0.1) is 11.9 Å². The van der Waals surface area contributed by atoms with Crippen molar-refractivity contribution in [2.45, 2.75) is 51.4 Å². The normalized spacial score (nSPS) is 20.8. The predicted molar refractivity (Wildman–Crippen MR) is 114 cm³/mol. The van der Waals surface area contributed by atoms with Crippen LogP contribution in [-0.4, -0.2) is 44.8 Å². The molecule has 0 radical (unpaired) electrons. The van der Waals surface area contributed by atoms with Gasteiger partial charge in [-0.2, -0.15) is 5.10 Å². The molecule has 1 saturated heterocycles. The van der Waals surface area contributed by atoms with Crippen LogP contribution >= 0.6 is 0 Å². The molecule has 6 rings (SSSR count). The van der Waals surface area contributed by atoms with Crippen LogP contribution in [0.5, 0.6) is 0 Å². The molecule has 7 heteroatoms. The Labute approximate surface area is 170 Å². The number of hydrogen-bond donors (Lipinski definition) is 2. The summed E-state index contributed by atoms with van der Waals surface area (Å²) in [4.78, 5) is 16.5. The van der Waals surface area contributed by atoms with Gasteiger partial charge in [-0.05, 0) is 50.0 Å². The average molecular weight is 390 g/mol. The maximum absolute atomic E-state index is 4.86. The second-order valence-corrected chi connectivity index (χ2v) is 8.91. The number of H-pyrrole nitrogens is 1. The molecule has 0 atom stereocenters. The Morgan fingerprint density at radius 1 is 1.00 bits per heavy atom. The van der Waals surface area contributed by atoms with Gasteiger partial charge in [-0.3, -0.25) is 5.10 Å². The summed E-state index contributed by atoms with van der Waals surface area (Å²) in [5.74, 6) is 1.94. The van der Waals surface area contributed by atoms with E-state index in [2.05, 4.69) is 31.5 Å². The van der Waals surface area contributed by atoms with E-state index in [4.69, 9.17) is 9.97 Å². The van der Waals surface area contributed by atoms with Crippen molar-refractivity contribution in [1.29, 1.82) is 0 Å². The number of nitrogens with one attached hydrogen (secondary N) is 2. The van der Waals surface area contributed by atoms with Crippen molar-refractivity contribution in [2.75, 3.05) is 29.9 Å². The molecule has 1 spiro atoms. The minimum Gasteiger partial charge on any atom is -0.370 e. The van der Waals surface area contributed by atoms with Gasteiger partial charge in [0, 0.05) is 37.0 Å². The summed E-state index contributed by atoms with van der Waals surface area (Å²) in [5, 5.41) is 11.1. The van der Waals surface area contributed by atoms with Crippen LogP contribution in [0.1, 0.15) is 50.5 Å². The van der Waals surface area contributed by atoms with Gasteiger partial charge < -0.3 is 10.2 Å². The monoisotopic (exact) mass is 389 g/mol. The smallest absolute Gasteiger partial charge is 0.202 e. The lowest BCUT2D eigenvalue weighted by molar-refractivity contribution is 0.226. The zero-order chi connectivity index (χ0) is 19.3. The second-order valence-electron chi connectivity index (χ2n) is 8.91. The summed E-state index contributed by atoms with van der Waals surface area (Å²) < 4.78 is 0. The second kappa shape index (κ2) is 6.68. The Morgan fingerprint density at radius 3 is 2.72 bits per heavy atom. The van der Waals surface area contributed by atoms with E-state index in [1.165, 1.54) is 44.1 Å². The van der Waals surface area contributed by atoms with Crippen molar-refractivity contribution in [3.8, 4) is 11.3 Å². The van der Waals surface area contributed by atoms with Crippen molar-refractivity contribution in [1.82, 2.24) is 25.1 Å². The molecule has 0 aromatic carbocycles. The minimum atomic E-state index is 0.613. The first-order chi connectivity index (χ1) is 14.3. The lowest BCUT2D eigenvalue weighted by Gasteiger charge is -2.39. The summed E-state index contributed by atoms with van der Waals surface area (Å²) in [5.41, 5.74) is 5.48. The Bertz CT molecular complexity index is 1040. The standard InChI is InChI=1S/C22H27N7/c1-2-7-22(6-1)8-12-29(13-9-22)17-14-25-19-18(27-28-21(19)26-17)15-5-11-24-20-16(15)4-3-10-23-20/h5,11,14H,1-4,6-10,12-13H2,(H,23,24)(H,26,27,28). The number of anilines is 2. The first-order valence-electron chi connectivity index (χ1n) is 11.0. The molecule has 3 aromatic heterocycles. The van der Waals surface area contributed by atoms with Gasteiger partial charge in [0.2, 0.25) is 5.65 Å². The molecule has 2 N–H and O–H groups in total. The van der Waals surface area contributed by atoms with Crippen molar-refractivity contribution >= 4 is 22.8 Å². The molecular formula is C22H27N7. The molecule has 29 heavy (non-hydrogen) atoms. The number of hydrogen-bond acceptors (Lipinski definition) is 6. The fourth-order valence-corrected chi connectivity index (χ4v) is 5.57. The van der Waals surface area contributed by atoms with Crippen molar-refractivity contribution in [3.63, 3.8) is 0 Å². The number of aromatic nitrogens is 5. The third-order valence-corrected chi connectivity index (χ3v) is 7.29. The van der Waals surface area contributed by atoms with E-state index in [1.807, 2.05) is 12.4 Å². The van der Waals surface area contributed by atoms with Crippen molar-refractivity contribution < 1.29 is 0 Å². The largest absolute Gasteiger partial charge is 0.370 e. The van der Waals surface area contributed by atoms with Crippen LogP contribution < -0.4 is 10.2 Å². The van der Waals surface area contributed by atoms with Gasteiger partial charge in [0.25, 0.3) is 0 Å². The molecule has 3 aliphatic rings. The van der Waals surface area contributed by atoms with E-state index in [0.29, 0.717) is 11.1 Å². The molecular weight excluding hydrogens is 362 g/mol. The number of aromatic amines is 1. The molecule has 0 bridgehead atoms. The van der Waals surface area contributed by atoms with Crippen molar-refractivity contribution in [2.24, 2.45) is 5.41 Å². The van der Waals surface area contributed by atoms with Crippen molar-refractivity contribution in [3.05, 3.63) is 24.0 Å². The number of rotatable bonds is 2. The quantitative estimate of drug-likeness (QED) is 0.691. The van der Waals surface area contributed by atoms with E-state index in [-0.39, 0.29) is 0 Å². The van der Waals surface area contributed by atoms with Crippen LogP contribution in [0.2, 0.25) is 0 Å². The maximum Gasteiger partial charge on any atom is 0.202 e. The highest BCUT2D eigenvalue weighted by Crippen LogP contribution is 2.46. The van der Waals surface area contributed by atoms with Gasteiger partial charge in [0.15, 0.2) is 0 Å². The van der Waals surface area contributed by atoms with E-state index < -0.39 is 0 Å². The molecule has 0 unspecified atom stereocenters. The fraction of sp³-hybridized carbons (Fsp3) is 0.545. The van der Waals surface area contributed by atoms with E-state index >= 15 is 0 Å². The van der Waals surface area contributed by atoms with Gasteiger partial charge in [-0.15, -0.1) is 0 Å². The molecule has 1 saturated carbocycles. The summed E-state index contributed by atoms with van der Waals surface area (Å²) in [6.45, 7) is 3.15. The zero-order valence-electron chi connectivity index (χ0n) is 16.7. The highest BCUT2D eigenvalue weighted by molar-refractivity contribution is 5.90. The van der Waals surface area contributed by atoms with Gasteiger partial charge in [-0.25, -0.2) is 15.0 Å². The lowest BCUT2D eigenvalue weighted by atomic mass is 9.77. The number of pyridine rings is 1. The Kier molecular flexibility index (Phi) is 3.96. The molecule has 5 heterocycles. The molecule has 7 nitrogen and oxygen atoms in total. The van der Waals surface area contributed by atoms with Crippen LogP contribution in [0.15, 0.2) is 18.5 Å². The molecule has 3 aromatic rings. The van der Waals surface area contributed by atoms with Crippen LogP contribution in [0.25, 0.3) is 22.4 Å². The van der Waals surface area contributed by atoms with Crippen LogP contribution in [0.3, 0.4) is 0 Å². The summed E-state index contributed by atoms with van der Waals surface area (Å²) in [6, 6.07) is 2.06.